The van der Waals surface area contributed by atoms with E-state index in [0.717, 1.165) is 12.1 Å². The third-order valence-electron chi connectivity index (χ3n) is 5.78. The fourth-order valence-corrected chi connectivity index (χ4v) is 4.16. The molecule has 34 heavy (non-hydrogen) atoms. The number of anilines is 3. The Hall–Kier alpha value is -3.83. The Kier molecular flexibility index (Phi) is 6.57. The number of fused-ring (bicyclic) bond motifs is 1. The summed E-state index contributed by atoms with van der Waals surface area (Å²) in [5.41, 5.74) is -0.679. The highest BCUT2D eigenvalue weighted by Crippen LogP contribution is 2.31. The molecule has 4 rings (SSSR count). The monoisotopic (exact) mass is 475 g/mol. The summed E-state index contributed by atoms with van der Waals surface area (Å²) in [6, 6.07) is 2.83. The Bertz CT molecular complexity index is 1200. The molecule has 12 heteroatoms. The number of benzene rings is 1. The van der Waals surface area contributed by atoms with Crippen molar-refractivity contribution in [3.8, 4) is 0 Å². The van der Waals surface area contributed by atoms with Crippen LogP contribution in [-0.4, -0.2) is 47.4 Å². The topological polar surface area (TPSA) is 133 Å². The third-order valence-corrected chi connectivity index (χ3v) is 5.78. The van der Waals surface area contributed by atoms with E-state index in [9.17, 15) is 28.0 Å². The van der Waals surface area contributed by atoms with E-state index in [4.69, 9.17) is 4.74 Å². The summed E-state index contributed by atoms with van der Waals surface area (Å²) in [6.07, 6.45) is 1.00. The molecule has 2 amide bonds. The molecule has 2 aliphatic rings. The van der Waals surface area contributed by atoms with Crippen molar-refractivity contribution in [2.24, 2.45) is 5.92 Å². The number of carbonyl (C=O) groups is 3. The van der Waals surface area contributed by atoms with E-state index in [1.165, 1.54) is 6.07 Å². The fraction of sp³-hybridized carbons (Fsp3) is 0.409. The van der Waals surface area contributed by atoms with Gasteiger partial charge in [0.2, 0.25) is 17.8 Å². The smallest absolute Gasteiger partial charge is 0.310 e. The van der Waals surface area contributed by atoms with Gasteiger partial charge in [-0.1, -0.05) is 0 Å². The van der Waals surface area contributed by atoms with Crippen LogP contribution in [0.4, 0.5) is 26.2 Å². The number of aromatic amines is 1. The Morgan fingerprint density at radius 1 is 1.26 bits per heavy atom. The number of nitrogens with zero attached hydrogens (tertiary/aromatic N) is 2. The molecule has 0 spiro atoms. The van der Waals surface area contributed by atoms with E-state index in [1.54, 1.807) is 11.8 Å². The van der Waals surface area contributed by atoms with Crippen LogP contribution >= 0.6 is 0 Å². The summed E-state index contributed by atoms with van der Waals surface area (Å²) in [7, 11) is 0. The van der Waals surface area contributed by atoms with Crippen LogP contribution in [0.25, 0.3) is 0 Å². The maximum Gasteiger partial charge on any atom is 0.310 e. The van der Waals surface area contributed by atoms with Crippen LogP contribution in [0.5, 0.6) is 0 Å². The number of amides is 2. The molecule has 3 heterocycles. The Balaban J connectivity index is 1.59. The lowest BCUT2D eigenvalue weighted by atomic mass is 9.92. The molecule has 0 aliphatic carbocycles. The minimum atomic E-state index is -1.18. The van der Waals surface area contributed by atoms with Crippen molar-refractivity contribution in [2.75, 3.05) is 35.2 Å². The molecule has 1 aromatic carbocycles. The lowest BCUT2D eigenvalue weighted by molar-refractivity contribution is -0.148. The number of carbonyl (C=O) groups excluding carboxylic acids is 3. The SMILES string of the molecule is CCOC(=O)[C@@H]1CCCN(c2nc3c(c(=O)[nH]2)[C@H](C(=O)Nc2ccc(F)c(F)c2)CC(=O)N3)C1. The first-order valence-electron chi connectivity index (χ1n) is 10.9. The van der Waals surface area contributed by atoms with Gasteiger partial charge in [0.25, 0.3) is 5.56 Å². The summed E-state index contributed by atoms with van der Waals surface area (Å²) in [4.78, 5) is 58.9. The van der Waals surface area contributed by atoms with Crippen LogP contribution in [0.1, 0.15) is 37.7 Å². The van der Waals surface area contributed by atoms with Crippen LogP contribution in [0.2, 0.25) is 0 Å². The van der Waals surface area contributed by atoms with Crippen molar-refractivity contribution in [3.63, 3.8) is 0 Å². The van der Waals surface area contributed by atoms with Gasteiger partial charge in [0.15, 0.2) is 11.6 Å². The highest BCUT2D eigenvalue weighted by molar-refractivity contribution is 6.04. The summed E-state index contributed by atoms with van der Waals surface area (Å²) >= 11 is 0. The van der Waals surface area contributed by atoms with Crippen LogP contribution in [0.3, 0.4) is 0 Å². The van der Waals surface area contributed by atoms with Gasteiger partial charge in [0, 0.05) is 31.3 Å². The molecule has 2 atom stereocenters. The Morgan fingerprint density at radius 3 is 2.79 bits per heavy atom. The van der Waals surface area contributed by atoms with E-state index < -0.39 is 34.9 Å². The summed E-state index contributed by atoms with van der Waals surface area (Å²) in [5, 5.41) is 4.93. The lowest BCUT2D eigenvalue weighted by Gasteiger charge is -2.32. The molecule has 180 valence electrons. The van der Waals surface area contributed by atoms with Crippen molar-refractivity contribution in [1.29, 1.82) is 0 Å². The first-order valence-corrected chi connectivity index (χ1v) is 10.9. The van der Waals surface area contributed by atoms with Crippen LogP contribution in [-0.2, 0) is 19.1 Å². The molecule has 3 N–H and O–H groups in total. The zero-order chi connectivity index (χ0) is 24.4. The Labute approximate surface area is 192 Å². The average Bonchev–Trinajstić information content (AvgIpc) is 2.80. The van der Waals surface area contributed by atoms with Gasteiger partial charge in [-0.25, -0.2) is 8.78 Å². The molecule has 10 nitrogen and oxygen atoms in total. The van der Waals surface area contributed by atoms with Crippen molar-refractivity contribution >= 4 is 35.2 Å². The first-order chi connectivity index (χ1) is 16.3. The number of rotatable bonds is 5. The van der Waals surface area contributed by atoms with Crippen LogP contribution in [0, 0.1) is 17.6 Å². The van der Waals surface area contributed by atoms with E-state index in [-0.39, 0.29) is 54.5 Å². The number of nitrogens with one attached hydrogen (secondary N) is 3. The fourth-order valence-electron chi connectivity index (χ4n) is 4.16. The molecule has 0 bridgehead atoms. The zero-order valence-electron chi connectivity index (χ0n) is 18.3. The van der Waals surface area contributed by atoms with Gasteiger partial charge in [0.05, 0.1) is 24.0 Å². The quantitative estimate of drug-likeness (QED) is 0.563. The highest BCUT2D eigenvalue weighted by Gasteiger charge is 2.36. The number of esters is 1. The minimum Gasteiger partial charge on any atom is -0.466 e. The molecule has 0 unspecified atom stereocenters. The number of ether oxygens (including phenoxy) is 1. The summed E-state index contributed by atoms with van der Waals surface area (Å²) in [5.74, 6) is -5.25. The highest BCUT2D eigenvalue weighted by atomic mass is 19.2. The predicted octanol–water partition coefficient (Wildman–Crippen LogP) is 1.89. The molecule has 2 aliphatic heterocycles. The number of hydrogen-bond donors (Lipinski definition) is 3. The van der Waals surface area contributed by atoms with Crippen molar-refractivity contribution in [2.45, 2.75) is 32.1 Å². The van der Waals surface area contributed by atoms with Crippen molar-refractivity contribution < 1.29 is 27.9 Å². The standard InChI is InChI=1S/C22H23F2N5O5/c1-2-34-21(33)11-4-3-7-29(10-11)22-27-18-17(20(32)28-22)13(9-16(30)26-18)19(31)25-12-5-6-14(23)15(24)8-12/h5-6,8,11,13H,2-4,7,9-10H2,1H3,(H,25,31)(H2,26,27,28,30,32)/t11-,13-/m1/s1. The molecule has 1 fully saturated rings. The predicted molar refractivity (Wildman–Crippen MR) is 117 cm³/mol. The van der Waals surface area contributed by atoms with Crippen LogP contribution in [0.15, 0.2) is 23.0 Å². The second kappa shape index (κ2) is 9.57. The number of halogens is 2. The number of aromatic nitrogens is 2. The molecular weight excluding hydrogens is 452 g/mol. The van der Waals surface area contributed by atoms with Gasteiger partial charge in [-0.3, -0.25) is 24.2 Å². The van der Waals surface area contributed by atoms with E-state index in [2.05, 4.69) is 20.6 Å². The maximum absolute atomic E-state index is 13.5. The van der Waals surface area contributed by atoms with Crippen molar-refractivity contribution in [3.05, 3.63) is 45.8 Å². The van der Waals surface area contributed by atoms with Gasteiger partial charge < -0.3 is 20.3 Å². The average molecular weight is 475 g/mol. The number of hydrogen-bond acceptors (Lipinski definition) is 7. The third kappa shape index (κ3) is 4.75. The first kappa shape index (κ1) is 23.3. The maximum atomic E-state index is 13.5. The lowest BCUT2D eigenvalue weighted by Crippen LogP contribution is -2.42. The van der Waals surface area contributed by atoms with Gasteiger partial charge in [-0.05, 0) is 31.9 Å². The number of piperidine rings is 1. The van der Waals surface area contributed by atoms with Crippen LogP contribution < -0.4 is 21.1 Å². The molecular formula is C22H23F2N5O5. The van der Waals surface area contributed by atoms with E-state index in [1.807, 2.05) is 0 Å². The van der Waals surface area contributed by atoms with E-state index >= 15 is 0 Å². The molecule has 0 saturated carbocycles. The molecule has 1 saturated heterocycles. The second-order valence-corrected chi connectivity index (χ2v) is 8.11. The summed E-state index contributed by atoms with van der Waals surface area (Å²) < 4.78 is 31.7. The van der Waals surface area contributed by atoms with Gasteiger partial charge in [-0.2, -0.15) is 4.98 Å². The molecule has 2 aromatic rings. The normalized spacial score (nSPS) is 19.7. The summed E-state index contributed by atoms with van der Waals surface area (Å²) in [6.45, 7) is 2.81. The van der Waals surface area contributed by atoms with E-state index in [0.29, 0.717) is 19.4 Å². The van der Waals surface area contributed by atoms with Gasteiger partial charge in [0.1, 0.15) is 5.82 Å². The molecule has 1 aromatic heterocycles. The van der Waals surface area contributed by atoms with Gasteiger partial charge >= 0.3 is 5.97 Å². The minimum absolute atomic E-state index is 0.0178. The zero-order valence-corrected chi connectivity index (χ0v) is 18.3. The second-order valence-electron chi connectivity index (χ2n) is 8.11. The molecule has 0 radical (unpaired) electrons. The number of H-pyrrole nitrogens is 1. The van der Waals surface area contributed by atoms with Crippen molar-refractivity contribution in [1.82, 2.24) is 9.97 Å². The van der Waals surface area contributed by atoms with Gasteiger partial charge in [-0.15, -0.1) is 0 Å². The largest absolute Gasteiger partial charge is 0.466 e. The Morgan fingerprint density at radius 2 is 2.06 bits per heavy atom.